The highest BCUT2D eigenvalue weighted by atomic mass is 16.5. The van der Waals surface area contributed by atoms with Crippen LogP contribution in [0.5, 0.6) is 0 Å². The van der Waals surface area contributed by atoms with Gasteiger partial charge in [-0.15, -0.1) is 0 Å². The van der Waals surface area contributed by atoms with Crippen molar-refractivity contribution in [1.29, 1.82) is 0 Å². The number of rotatable bonds is 6. The summed E-state index contributed by atoms with van der Waals surface area (Å²) in [4.78, 5) is 14.5. The second kappa shape index (κ2) is 7.95. The molecule has 26 heavy (non-hydrogen) atoms. The van der Waals surface area contributed by atoms with Gasteiger partial charge in [-0.2, -0.15) is 0 Å². The molecule has 136 valence electrons. The SMILES string of the molecule is Cc1cncc(-c2c[nH]c3ncc(COCCN4CCOCC4)cc23)c1. The maximum Gasteiger partial charge on any atom is 0.137 e. The molecule has 4 rings (SSSR count). The van der Waals surface area contributed by atoms with Crippen molar-refractivity contribution in [3.63, 3.8) is 0 Å². The van der Waals surface area contributed by atoms with Crippen LogP contribution in [0.15, 0.2) is 36.9 Å². The largest absolute Gasteiger partial charge is 0.379 e. The minimum Gasteiger partial charge on any atom is -0.379 e. The van der Waals surface area contributed by atoms with Gasteiger partial charge in [-0.3, -0.25) is 9.88 Å². The number of hydrogen-bond donors (Lipinski definition) is 1. The van der Waals surface area contributed by atoms with Gasteiger partial charge in [0.1, 0.15) is 5.65 Å². The first-order valence-electron chi connectivity index (χ1n) is 9.05. The summed E-state index contributed by atoms with van der Waals surface area (Å²) in [5.74, 6) is 0. The topological polar surface area (TPSA) is 63.3 Å². The fourth-order valence-corrected chi connectivity index (χ4v) is 3.28. The fraction of sp³-hybridized carbons (Fsp3) is 0.400. The molecule has 6 heteroatoms. The molecule has 1 saturated heterocycles. The highest BCUT2D eigenvalue weighted by molar-refractivity contribution is 5.93. The van der Waals surface area contributed by atoms with Gasteiger partial charge in [0.05, 0.1) is 26.4 Å². The average molecular weight is 352 g/mol. The molecule has 0 atom stereocenters. The molecule has 1 aliphatic heterocycles. The minimum atomic E-state index is 0.573. The average Bonchev–Trinajstić information content (AvgIpc) is 3.09. The lowest BCUT2D eigenvalue weighted by Gasteiger charge is -2.26. The first kappa shape index (κ1) is 17.1. The normalized spacial score (nSPS) is 15.6. The number of hydrogen-bond acceptors (Lipinski definition) is 5. The van der Waals surface area contributed by atoms with Crippen molar-refractivity contribution in [2.75, 3.05) is 39.5 Å². The highest BCUT2D eigenvalue weighted by Crippen LogP contribution is 2.28. The number of pyridine rings is 2. The van der Waals surface area contributed by atoms with Crippen molar-refractivity contribution in [1.82, 2.24) is 19.9 Å². The summed E-state index contributed by atoms with van der Waals surface area (Å²) in [6, 6.07) is 4.30. The van der Waals surface area contributed by atoms with Crippen LogP contribution in [0.25, 0.3) is 22.2 Å². The summed E-state index contributed by atoms with van der Waals surface area (Å²) in [7, 11) is 0. The van der Waals surface area contributed by atoms with Crippen molar-refractivity contribution >= 4 is 11.0 Å². The molecule has 0 aliphatic carbocycles. The maximum atomic E-state index is 5.87. The first-order chi connectivity index (χ1) is 12.8. The number of nitrogens with zero attached hydrogens (tertiary/aromatic N) is 3. The fourth-order valence-electron chi connectivity index (χ4n) is 3.28. The smallest absolute Gasteiger partial charge is 0.137 e. The molecule has 0 bridgehead atoms. The van der Waals surface area contributed by atoms with Crippen LogP contribution in [0.4, 0.5) is 0 Å². The van der Waals surface area contributed by atoms with E-state index in [0.717, 1.165) is 72.7 Å². The number of fused-ring (bicyclic) bond motifs is 1. The lowest BCUT2D eigenvalue weighted by molar-refractivity contribution is 0.0180. The van der Waals surface area contributed by atoms with Gasteiger partial charge in [-0.1, -0.05) is 0 Å². The van der Waals surface area contributed by atoms with Crippen LogP contribution in [0, 0.1) is 6.92 Å². The number of nitrogens with one attached hydrogen (secondary N) is 1. The van der Waals surface area contributed by atoms with Gasteiger partial charge in [-0.25, -0.2) is 4.98 Å². The summed E-state index contributed by atoms with van der Waals surface area (Å²) in [5, 5.41) is 1.10. The Morgan fingerprint density at radius 3 is 2.92 bits per heavy atom. The lowest BCUT2D eigenvalue weighted by Crippen LogP contribution is -2.38. The molecule has 1 fully saturated rings. The highest BCUT2D eigenvalue weighted by Gasteiger charge is 2.11. The number of aromatic nitrogens is 3. The Hall–Kier alpha value is -2.28. The van der Waals surface area contributed by atoms with E-state index in [1.807, 2.05) is 24.8 Å². The van der Waals surface area contributed by atoms with E-state index in [9.17, 15) is 0 Å². The Morgan fingerprint density at radius 2 is 2.08 bits per heavy atom. The van der Waals surface area contributed by atoms with Crippen LogP contribution in [0.1, 0.15) is 11.1 Å². The Morgan fingerprint density at radius 1 is 1.19 bits per heavy atom. The molecule has 1 N–H and O–H groups in total. The lowest BCUT2D eigenvalue weighted by atomic mass is 10.1. The van der Waals surface area contributed by atoms with Crippen molar-refractivity contribution in [3.8, 4) is 11.1 Å². The van der Waals surface area contributed by atoms with Crippen molar-refractivity contribution in [3.05, 3.63) is 48.0 Å². The third-order valence-corrected chi connectivity index (χ3v) is 4.70. The molecule has 6 nitrogen and oxygen atoms in total. The van der Waals surface area contributed by atoms with Gasteiger partial charge < -0.3 is 14.5 Å². The molecule has 1 aliphatic rings. The van der Waals surface area contributed by atoms with Crippen LogP contribution in [-0.2, 0) is 16.1 Å². The zero-order chi connectivity index (χ0) is 17.8. The van der Waals surface area contributed by atoms with Gasteiger partial charge >= 0.3 is 0 Å². The van der Waals surface area contributed by atoms with Gasteiger partial charge in [0.25, 0.3) is 0 Å². The third-order valence-electron chi connectivity index (χ3n) is 4.70. The summed E-state index contributed by atoms with van der Waals surface area (Å²) < 4.78 is 11.2. The van der Waals surface area contributed by atoms with Gasteiger partial charge in [0.2, 0.25) is 0 Å². The quantitative estimate of drug-likeness (QED) is 0.691. The van der Waals surface area contributed by atoms with Crippen molar-refractivity contribution in [2.24, 2.45) is 0 Å². The summed E-state index contributed by atoms with van der Waals surface area (Å²) in [6.45, 7) is 7.93. The Bertz CT molecular complexity index is 871. The Labute approximate surface area is 153 Å². The monoisotopic (exact) mass is 352 g/mol. The molecule has 4 heterocycles. The molecule has 0 spiro atoms. The molecule has 0 amide bonds. The standard InChI is InChI=1S/C20H24N4O2/c1-15-8-17(12-21-10-15)19-13-23-20-18(19)9-16(11-22-20)14-26-7-4-24-2-5-25-6-3-24/h8-13H,2-7,14H2,1H3,(H,22,23). The van der Waals surface area contributed by atoms with Crippen LogP contribution in [0.3, 0.4) is 0 Å². The molecule has 0 unspecified atom stereocenters. The molecular weight excluding hydrogens is 328 g/mol. The van der Waals surface area contributed by atoms with Crippen LogP contribution in [0.2, 0.25) is 0 Å². The van der Waals surface area contributed by atoms with E-state index in [1.165, 1.54) is 0 Å². The van der Waals surface area contributed by atoms with Crippen molar-refractivity contribution in [2.45, 2.75) is 13.5 Å². The number of aromatic amines is 1. The van der Waals surface area contributed by atoms with E-state index in [0.29, 0.717) is 6.61 Å². The third kappa shape index (κ3) is 3.93. The Balaban J connectivity index is 1.42. The first-order valence-corrected chi connectivity index (χ1v) is 9.05. The van der Waals surface area contributed by atoms with E-state index < -0.39 is 0 Å². The van der Waals surface area contributed by atoms with E-state index in [1.54, 1.807) is 0 Å². The molecule has 3 aromatic rings. The molecule has 0 saturated carbocycles. The van der Waals surface area contributed by atoms with Gasteiger partial charge in [-0.05, 0) is 30.2 Å². The molecular formula is C20H24N4O2. The predicted octanol–water partition coefficient (Wildman–Crippen LogP) is 2.78. The van der Waals surface area contributed by atoms with Crippen LogP contribution in [-0.4, -0.2) is 59.3 Å². The molecule has 3 aromatic heterocycles. The van der Waals surface area contributed by atoms with Crippen LogP contribution >= 0.6 is 0 Å². The summed E-state index contributed by atoms with van der Waals surface area (Å²) in [5.41, 5.74) is 5.34. The van der Waals surface area contributed by atoms with E-state index in [2.05, 4.69) is 38.9 Å². The number of aryl methyl sites for hydroxylation is 1. The van der Waals surface area contributed by atoms with Crippen LogP contribution < -0.4 is 0 Å². The second-order valence-electron chi connectivity index (χ2n) is 6.70. The summed E-state index contributed by atoms with van der Waals surface area (Å²) in [6.07, 6.45) is 7.63. The van der Waals surface area contributed by atoms with Gasteiger partial charge in [0.15, 0.2) is 0 Å². The molecule has 0 radical (unpaired) electrons. The minimum absolute atomic E-state index is 0.573. The van der Waals surface area contributed by atoms with Crippen molar-refractivity contribution < 1.29 is 9.47 Å². The summed E-state index contributed by atoms with van der Waals surface area (Å²) >= 11 is 0. The van der Waals surface area contributed by atoms with Gasteiger partial charge in [0, 0.05) is 60.9 Å². The number of H-pyrrole nitrogens is 1. The number of morpholine rings is 1. The number of ether oxygens (including phenoxy) is 2. The zero-order valence-electron chi connectivity index (χ0n) is 15.1. The second-order valence-corrected chi connectivity index (χ2v) is 6.70. The van der Waals surface area contributed by atoms with E-state index in [4.69, 9.17) is 9.47 Å². The van der Waals surface area contributed by atoms with E-state index >= 15 is 0 Å². The maximum absolute atomic E-state index is 5.87. The molecule has 0 aromatic carbocycles. The zero-order valence-corrected chi connectivity index (χ0v) is 15.1. The predicted molar refractivity (Wildman–Crippen MR) is 101 cm³/mol. The van der Waals surface area contributed by atoms with E-state index in [-0.39, 0.29) is 0 Å². The Kier molecular flexibility index (Phi) is 5.24.